The van der Waals surface area contributed by atoms with E-state index in [-0.39, 0.29) is 12.6 Å². The van der Waals surface area contributed by atoms with Crippen LogP contribution in [0.2, 0.25) is 5.02 Å². The molecule has 1 aromatic heterocycles. The first-order valence-corrected chi connectivity index (χ1v) is 9.12. The number of halogens is 1. The van der Waals surface area contributed by atoms with Crippen LogP contribution in [0, 0.1) is 6.92 Å². The number of nitrogens with one attached hydrogen (secondary N) is 1. The summed E-state index contributed by atoms with van der Waals surface area (Å²) in [6, 6.07) is 14.2. The maximum Gasteiger partial charge on any atom is 0.344 e. The van der Waals surface area contributed by atoms with Crippen molar-refractivity contribution in [3.63, 3.8) is 0 Å². The van der Waals surface area contributed by atoms with E-state index in [4.69, 9.17) is 25.5 Å². The van der Waals surface area contributed by atoms with Gasteiger partial charge >= 0.3 is 5.97 Å². The molecule has 3 rings (SSSR count). The zero-order valence-corrected chi connectivity index (χ0v) is 16.3. The Balaban J connectivity index is 1.44. The fourth-order valence-corrected chi connectivity index (χ4v) is 2.90. The Labute approximate surface area is 167 Å². The summed E-state index contributed by atoms with van der Waals surface area (Å²) in [6.45, 7) is 2.92. The Morgan fingerprint density at radius 2 is 1.93 bits per heavy atom. The van der Waals surface area contributed by atoms with Crippen LogP contribution in [0.25, 0.3) is 11.0 Å². The zero-order valence-electron chi connectivity index (χ0n) is 15.5. The van der Waals surface area contributed by atoms with Gasteiger partial charge in [-0.2, -0.15) is 0 Å². The van der Waals surface area contributed by atoms with Crippen molar-refractivity contribution in [1.82, 2.24) is 5.32 Å². The van der Waals surface area contributed by atoms with Crippen LogP contribution in [0.4, 0.5) is 0 Å². The molecule has 0 fully saturated rings. The van der Waals surface area contributed by atoms with Crippen LogP contribution in [0.5, 0.6) is 5.75 Å². The maximum atomic E-state index is 12.0. The average Bonchev–Trinajstić information content (AvgIpc) is 3.10. The summed E-state index contributed by atoms with van der Waals surface area (Å²) < 4.78 is 16.1. The predicted octanol–water partition coefficient (Wildman–Crippen LogP) is 4.19. The van der Waals surface area contributed by atoms with Gasteiger partial charge in [0.25, 0.3) is 5.91 Å². The third-order valence-corrected chi connectivity index (χ3v) is 4.33. The van der Waals surface area contributed by atoms with Gasteiger partial charge in [0, 0.05) is 10.4 Å². The minimum absolute atomic E-state index is 0.297. The minimum atomic E-state index is -0.638. The van der Waals surface area contributed by atoms with Crippen molar-refractivity contribution >= 4 is 34.4 Å². The van der Waals surface area contributed by atoms with Gasteiger partial charge in [0.15, 0.2) is 13.2 Å². The second-order valence-corrected chi connectivity index (χ2v) is 6.77. The van der Waals surface area contributed by atoms with Gasteiger partial charge < -0.3 is 19.2 Å². The second-order valence-electron chi connectivity index (χ2n) is 6.33. The highest BCUT2D eigenvalue weighted by molar-refractivity contribution is 6.30. The van der Waals surface area contributed by atoms with Crippen molar-refractivity contribution < 1.29 is 23.5 Å². The summed E-state index contributed by atoms with van der Waals surface area (Å²) in [5.74, 6) is 0.0941. The summed E-state index contributed by atoms with van der Waals surface area (Å²) in [6.07, 6.45) is 0. The van der Waals surface area contributed by atoms with Gasteiger partial charge in [-0.25, -0.2) is 4.79 Å². The molecule has 28 heavy (non-hydrogen) atoms. The number of amides is 1. The topological polar surface area (TPSA) is 77.8 Å². The molecule has 1 heterocycles. The molecule has 6 nitrogen and oxygen atoms in total. The molecule has 0 saturated heterocycles. The Bertz CT molecular complexity index is 964. The van der Waals surface area contributed by atoms with Crippen molar-refractivity contribution in [3.8, 4) is 5.75 Å². The fourth-order valence-electron chi connectivity index (χ4n) is 2.67. The first-order chi connectivity index (χ1) is 13.4. The van der Waals surface area contributed by atoms with Crippen LogP contribution >= 0.6 is 11.6 Å². The van der Waals surface area contributed by atoms with E-state index in [1.165, 1.54) is 0 Å². The summed E-state index contributed by atoms with van der Waals surface area (Å²) in [7, 11) is 0. The molecule has 0 saturated carbocycles. The molecule has 3 aromatic rings. The molecule has 0 bridgehead atoms. The Morgan fingerprint density at radius 3 is 2.68 bits per heavy atom. The number of hydrogen-bond donors (Lipinski definition) is 1. The molecule has 1 N–H and O–H groups in total. The molecular formula is C21H20ClNO5. The summed E-state index contributed by atoms with van der Waals surface area (Å²) in [4.78, 5) is 23.8. The largest absolute Gasteiger partial charge is 0.482 e. The number of aryl methyl sites for hydroxylation is 1. The Hall–Kier alpha value is -2.99. The lowest BCUT2D eigenvalue weighted by Crippen LogP contribution is -2.31. The number of furan rings is 1. The van der Waals surface area contributed by atoms with Crippen LogP contribution in [-0.2, 0) is 14.3 Å². The van der Waals surface area contributed by atoms with E-state index >= 15 is 0 Å². The normalized spacial score (nSPS) is 11.8. The maximum absolute atomic E-state index is 12.0. The molecule has 0 unspecified atom stereocenters. The summed E-state index contributed by atoms with van der Waals surface area (Å²) in [5, 5.41) is 4.28. The predicted molar refractivity (Wildman–Crippen MR) is 105 cm³/mol. The number of rotatable bonds is 7. The molecule has 0 spiro atoms. The average molecular weight is 402 g/mol. The highest BCUT2D eigenvalue weighted by atomic mass is 35.5. The molecule has 0 aliphatic rings. The van der Waals surface area contributed by atoms with E-state index in [2.05, 4.69) is 5.32 Å². The van der Waals surface area contributed by atoms with Crippen LogP contribution in [-0.4, -0.2) is 25.1 Å². The van der Waals surface area contributed by atoms with Crippen LogP contribution in [0.3, 0.4) is 0 Å². The number of carbonyl (C=O) groups excluding carboxylic acids is 2. The van der Waals surface area contributed by atoms with Crippen molar-refractivity contribution in [2.24, 2.45) is 0 Å². The van der Waals surface area contributed by atoms with Crippen molar-refractivity contribution in [1.29, 1.82) is 0 Å². The molecule has 0 aliphatic carbocycles. The number of esters is 1. The van der Waals surface area contributed by atoms with Crippen molar-refractivity contribution in [2.45, 2.75) is 19.9 Å². The van der Waals surface area contributed by atoms with Gasteiger partial charge in [0.1, 0.15) is 17.1 Å². The number of hydrogen-bond acceptors (Lipinski definition) is 5. The first kappa shape index (κ1) is 19.8. The lowest BCUT2D eigenvalue weighted by Gasteiger charge is -2.12. The molecule has 1 atom stereocenters. The van der Waals surface area contributed by atoms with Gasteiger partial charge in [0.05, 0.1) is 6.04 Å². The lowest BCUT2D eigenvalue weighted by molar-refractivity contribution is -0.150. The number of benzene rings is 2. The molecule has 0 aliphatic heterocycles. The highest BCUT2D eigenvalue weighted by Gasteiger charge is 2.16. The van der Waals surface area contributed by atoms with Crippen molar-refractivity contribution in [3.05, 3.63) is 64.9 Å². The van der Waals surface area contributed by atoms with Crippen LogP contribution in [0.1, 0.15) is 24.3 Å². The van der Waals surface area contributed by atoms with E-state index in [1.807, 2.05) is 37.3 Å². The Kier molecular flexibility index (Phi) is 6.21. The van der Waals surface area contributed by atoms with Crippen LogP contribution in [0.15, 0.2) is 52.9 Å². The van der Waals surface area contributed by atoms with E-state index in [9.17, 15) is 9.59 Å². The molecule has 7 heteroatoms. The summed E-state index contributed by atoms with van der Waals surface area (Å²) >= 11 is 5.87. The lowest BCUT2D eigenvalue weighted by atomic mass is 10.2. The fraction of sp³-hybridized carbons (Fsp3) is 0.238. The van der Waals surface area contributed by atoms with E-state index in [0.717, 1.165) is 16.5 Å². The van der Waals surface area contributed by atoms with Gasteiger partial charge in [-0.1, -0.05) is 29.8 Å². The second kappa shape index (κ2) is 8.80. The van der Waals surface area contributed by atoms with Gasteiger partial charge in [-0.3, -0.25) is 4.79 Å². The number of ether oxygens (including phenoxy) is 2. The van der Waals surface area contributed by atoms with Gasteiger partial charge in [0.2, 0.25) is 0 Å². The number of para-hydroxylation sites is 1. The summed E-state index contributed by atoms with van der Waals surface area (Å²) in [5.41, 5.74) is 1.55. The third kappa shape index (κ3) is 5.04. The molecule has 0 radical (unpaired) electrons. The third-order valence-electron chi connectivity index (χ3n) is 4.10. The van der Waals surface area contributed by atoms with Gasteiger partial charge in [-0.05, 0) is 49.7 Å². The monoisotopic (exact) mass is 401 g/mol. The standard InChI is InChI=1S/C21H20ClNO5/c1-13-9-16(22)7-8-17(13)26-12-21(25)27-11-20(24)23-14(2)19-10-15-5-3-4-6-18(15)28-19/h3-10,14H,11-12H2,1-2H3,(H,23,24)/t14-/m0/s1. The van der Waals surface area contributed by atoms with Gasteiger partial charge in [-0.15, -0.1) is 0 Å². The quantitative estimate of drug-likeness (QED) is 0.600. The molecule has 146 valence electrons. The zero-order chi connectivity index (χ0) is 20.1. The highest BCUT2D eigenvalue weighted by Crippen LogP contribution is 2.23. The Morgan fingerprint density at radius 1 is 1.14 bits per heavy atom. The van der Waals surface area contributed by atoms with E-state index in [0.29, 0.717) is 16.5 Å². The smallest absolute Gasteiger partial charge is 0.344 e. The number of carbonyl (C=O) groups is 2. The molecule has 2 aromatic carbocycles. The number of fused-ring (bicyclic) bond motifs is 1. The van der Waals surface area contributed by atoms with Crippen molar-refractivity contribution in [2.75, 3.05) is 13.2 Å². The first-order valence-electron chi connectivity index (χ1n) is 8.75. The SMILES string of the molecule is Cc1cc(Cl)ccc1OCC(=O)OCC(=O)N[C@@H](C)c1cc2ccccc2o1. The molecule has 1 amide bonds. The van der Waals surface area contributed by atoms with E-state index in [1.54, 1.807) is 25.1 Å². The minimum Gasteiger partial charge on any atom is -0.482 e. The molecular weight excluding hydrogens is 382 g/mol. The van der Waals surface area contributed by atoms with E-state index < -0.39 is 18.5 Å². The van der Waals surface area contributed by atoms with Crippen LogP contribution < -0.4 is 10.1 Å².